The summed E-state index contributed by atoms with van der Waals surface area (Å²) in [6.45, 7) is 6.40. The molecule has 16 heavy (non-hydrogen) atoms. The number of methoxy groups -OCH3 is 1. The van der Waals surface area contributed by atoms with Crippen molar-refractivity contribution in [2.24, 2.45) is 0 Å². The fourth-order valence-electron chi connectivity index (χ4n) is 1.26. The van der Waals surface area contributed by atoms with E-state index in [1.54, 1.807) is 0 Å². The van der Waals surface area contributed by atoms with Crippen molar-refractivity contribution < 1.29 is 19.0 Å². The Morgan fingerprint density at radius 1 is 1.25 bits per heavy atom. The van der Waals surface area contributed by atoms with Gasteiger partial charge in [-0.05, 0) is 20.9 Å². The number of likely N-dealkylation sites (N-methyl/N-ethyl adjacent to an activating group) is 1. The lowest BCUT2D eigenvalue weighted by atomic mass is 10.4. The van der Waals surface area contributed by atoms with Gasteiger partial charge in [-0.2, -0.15) is 0 Å². The number of hydrogen-bond donors (Lipinski definition) is 0. The number of ether oxygens (including phenoxy) is 3. The molecule has 0 aliphatic rings. The maximum absolute atomic E-state index is 10.9. The van der Waals surface area contributed by atoms with Crippen LogP contribution in [0.4, 0.5) is 0 Å². The molecule has 0 atom stereocenters. The van der Waals surface area contributed by atoms with E-state index in [2.05, 4.69) is 4.74 Å². The van der Waals surface area contributed by atoms with Crippen molar-refractivity contribution in [3.05, 3.63) is 0 Å². The normalized spacial score (nSPS) is 11.1. The van der Waals surface area contributed by atoms with Crippen LogP contribution in [0.5, 0.6) is 0 Å². The van der Waals surface area contributed by atoms with E-state index in [1.165, 1.54) is 7.11 Å². The molecule has 0 aromatic rings. The molecule has 0 bridgehead atoms. The average molecular weight is 233 g/mol. The molecule has 0 rings (SSSR count). The maximum Gasteiger partial charge on any atom is 0.306 e. The smallest absolute Gasteiger partial charge is 0.306 e. The zero-order chi connectivity index (χ0) is 12.4. The molecule has 5 nitrogen and oxygen atoms in total. The van der Waals surface area contributed by atoms with Crippen molar-refractivity contribution in [2.75, 3.05) is 40.5 Å². The lowest BCUT2D eigenvalue weighted by molar-refractivity contribution is -0.148. The highest BCUT2D eigenvalue weighted by Gasteiger charge is 2.12. The summed E-state index contributed by atoms with van der Waals surface area (Å²) < 4.78 is 15.4. The first-order valence-corrected chi connectivity index (χ1v) is 5.62. The molecule has 0 aliphatic carbocycles. The van der Waals surface area contributed by atoms with E-state index in [0.29, 0.717) is 32.7 Å². The number of hydrogen-bond acceptors (Lipinski definition) is 5. The van der Waals surface area contributed by atoms with Gasteiger partial charge in [-0.3, -0.25) is 4.79 Å². The van der Waals surface area contributed by atoms with Crippen LogP contribution in [-0.2, 0) is 19.0 Å². The zero-order valence-electron chi connectivity index (χ0n) is 10.7. The summed E-state index contributed by atoms with van der Waals surface area (Å²) in [7, 11) is 3.32. The lowest BCUT2D eigenvalue weighted by Crippen LogP contribution is -2.34. The second kappa shape index (κ2) is 9.57. The number of rotatable bonds is 9. The molecular weight excluding hydrogens is 210 g/mol. The van der Waals surface area contributed by atoms with Gasteiger partial charge in [0.15, 0.2) is 6.29 Å². The molecule has 0 unspecified atom stereocenters. The largest absolute Gasteiger partial charge is 0.469 e. The molecule has 0 N–H and O–H groups in total. The fraction of sp³-hybridized carbons (Fsp3) is 0.909. The Labute approximate surface area is 97.7 Å². The van der Waals surface area contributed by atoms with Gasteiger partial charge in [-0.15, -0.1) is 0 Å². The lowest BCUT2D eigenvalue weighted by Gasteiger charge is -2.23. The molecule has 96 valence electrons. The van der Waals surface area contributed by atoms with Crippen molar-refractivity contribution in [1.29, 1.82) is 0 Å². The summed E-state index contributed by atoms with van der Waals surface area (Å²) in [6, 6.07) is 0. The second-order valence-corrected chi connectivity index (χ2v) is 3.43. The van der Waals surface area contributed by atoms with E-state index in [0.717, 1.165) is 0 Å². The van der Waals surface area contributed by atoms with Crippen LogP contribution in [0, 0.1) is 0 Å². The van der Waals surface area contributed by atoms with Gasteiger partial charge in [0.25, 0.3) is 0 Å². The SMILES string of the molecule is CCOC(CN(C)CCC(=O)OC)OCC. The Morgan fingerprint density at radius 2 is 1.81 bits per heavy atom. The first kappa shape index (κ1) is 15.3. The number of carbonyl (C=O) groups excluding carboxylic acids is 1. The van der Waals surface area contributed by atoms with Crippen molar-refractivity contribution in [3.63, 3.8) is 0 Å². The highest BCUT2D eigenvalue weighted by molar-refractivity contribution is 5.69. The van der Waals surface area contributed by atoms with Gasteiger partial charge in [0.2, 0.25) is 0 Å². The molecule has 0 saturated carbocycles. The van der Waals surface area contributed by atoms with E-state index >= 15 is 0 Å². The molecule has 0 spiro atoms. The topological polar surface area (TPSA) is 48.0 Å². The number of esters is 1. The minimum atomic E-state index is -0.224. The fourth-order valence-corrected chi connectivity index (χ4v) is 1.26. The Bertz CT molecular complexity index is 181. The molecule has 0 aromatic carbocycles. The average Bonchev–Trinajstić information content (AvgIpc) is 2.26. The molecule has 0 fully saturated rings. The van der Waals surface area contributed by atoms with Gasteiger partial charge in [0, 0.05) is 26.3 Å². The Hall–Kier alpha value is -0.650. The van der Waals surface area contributed by atoms with Crippen LogP contribution in [0.25, 0.3) is 0 Å². The molecule has 0 aromatic heterocycles. The first-order chi connectivity index (χ1) is 7.63. The molecule has 0 heterocycles. The van der Waals surface area contributed by atoms with Gasteiger partial charge in [0.1, 0.15) is 0 Å². The van der Waals surface area contributed by atoms with Gasteiger partial charge >= 0.3 is 5.97 Å². The van der Waals surface area contributed by atoms with Gasteiger partial charge in [0.05, 0.1) is 13.5 Å². The quantitative estimate of drug-likeness (QED) is 0.437. The Morgan fingerprint density at radius 3 is 2.25 bits per heavy atom. The van der Waals surface area contributed by atoms with E-state index in [-0.39, 0.29) is 12.3 Å². The van der Waals surface area contributed by atoms with Crippen LogP contribution in [-0.4, -0.2) is 57.6 Å². The first-order valence-electron chi connectivity index (χ1n) is 5.62. The van der Waals surface area contributed by atoms with Crippen molar-refractivity contribution in [3.8, 4) is 0 Å². The number of nitrogens with zero attached hydrogens (tertiary/aromatic N) is 1. The maximum atomic E-state index is 10.9. The third kappa shape index (κ3) is 7.62. The standard InChI is InChI=1S/C11H23NO4/c1-5-15-11(16-6-2)9-12(3)8-7-10(13)14-4/h11H,5-9H2,1-4H3. The van der Waals surface area contributed by atoms with Gasteiger partial charge in [-0.1, -0.05) is 0 Å². The van der Waals surface area contributed by atoms with Gasteiger partial charge < -0.3 is 19.1 Å². The molecule has 0 saturated heterocycles. The summed E-state index contributed by atoms with van der Waals surface area (Å²) in [5.74, 6) is -0.198. The van der Waals surface area contributed by atoms with Crippen LogP contribution in [0.3, 0.4) is 0 Å². The van der Waals surface area contributed by atoms with Crippen LogP contribution in [0.2, 0.25) is 0 Å². The predicted molar refractivity (Wildman–Crippen MR) is 61.2 cm³/mol. The molecule has 5 heteroatoms. The van der Waals surface area contributed by atoms with Crippen LogP contribution < -0.4 is 0 Å². The monoisotopic (exact) mass is 233 g/mol. The summed E-state index contributed by atoms with van der Waals surface area (Å²) in [6.07, 6.45) is 0.162. The predicted octanol–water partition coefficient (Wildman–Crippen LogP) is 0.880. The van der Waals surface area contributed by atoms with Crippen LogP contribution >= 0.6 is 0 Å². The highest BCUT2D eigenvalue weighted by atomic mass is 16.7. The summed E-state index contributed by atoms with van der Waals surface area (Å²) >= 11 is 0. The number of carbonyl (C=O) groups is 1. The summed E-state index contributed by atoms with van der Waals surface area (Å²) in [4.78, 5) is 12.9. The molecule has 0 aliphatic heterocycles. The van der Waals surface area contributed by atoms with Crippen molar-refractivity contribution in [1.82, 2.24) is 4.90 Å². The Balaban J connectivity index is 3.79. The van der Waals surface area contributed by atoms with E-state index in [4.69, 9.17) is 9.47 Å². The second-order valence-electron chi connectivity index (χ2n) is 3.43. The van der Waals surface area contributed by atoms with Crippen LogP contribution in [0.1, 0.15) is 20.3 Å². The molecule has 0 amide bonds. The third-order valence-electron chi connectivity index (χ3n) is 2.09. The molecule has 0 radical (unpaired) electrons. The van der Waals surface area contributed by atoms with Gasteiger partial charge in [-0.25, -0.2) is 0 Å². The highest BCUT2D eigenvalue weighted by Crippen LogP contribution is 1.99. The van der Waals surface area contributed by atoms with Crippen molar-refractivity contribution >= 4 is 5.97 Å². The zero-order valence-corrected chi connectivity index (χ0v) is 10.7. The van der Waals surface area contributed by atoms with Crippen LogP contribution in [0.15, 0.2) is 0 Å². The minimum Gasteiger partial charge on any atom is -0.469 e. The van der Waals surface area contributed by atoms with E-state index in [9.17, 15) is 4.79 Å². The van der Waals surface area contributed by atoms with E-state index < -0.39 is 0 Å². The minimum absolute atomic E-state index is 0.198. The van der Waals surface area contributed by atoms with E-state index in [1.807, 2.05) is 25.8 Å². The third-order valence-corrected chi connectivity index (χ3v) is 2.09. The summed E-state index contributed by atoms with van der Waals surface area (Å²) in [5.41, 5.74) is 0. The summed E-state index contributed by atoms with van der Waals surface area (Å²) in [5, 5.41) is 0. The van der Waals surface area contributed by atoms with Crippen molar-refractivity contribution in [2.45, 2.75) is 26.6 Å². The molecular formula is C11H23NO4. The Kier molecular flexibility index (Phi) is 9.18.